The summed E-state index contributed by atoms with van der Waals surface area (Å²) in [5, 5.41) is 12.3. The number of piperidine rings is 1. The molecular weight excluding hydrogens is 266 g/mol. The lowest BCUT2D eigenvalue weighted by atomic mass is 9.94. The van der Waals surface area contributed by atoms with Gasteiger partial charge >= 0.3 is 0 Å². The van der Waals surface area contributed by atoms with Crippen LogP contribution < -0.4 is 5.73 Å². The molecule has 1 atom stereocenters. The molecule has 116 valence electrons. The van der Waals surface area contributed by atoms with Crippen LogP contribution in [0.1, 0.15) is 24.3 Å². The van der Waals surface area contributed by atoms with Gasteiger partial charge in [-0.1, -0.05) is 35.5 Å². The van der Waals surface area contributed by atoms with Gasteiger partial charge in [0.2, 0.25) is 0 Å². The smallest absolute Gasteiger partial charge is 0.147 e. The van der Waals surface area contributed by atoms with Gasteiger partial charge in [-0.2, -0.15) is 0 Å². The Morgan fingerprint density at radius 3 is 2.62 bits per heavy atom. The number of nitrogens with two attached hydrogens (primary N) is 1. The third kappa shape index (κ3) is 4.44. The SMILES string of the molecule is COCC1CCN(CC(C(N)=NO)c2ccccc2)CC1. The summed E-state index contributed by atoms with van der Waals surface area (Å²) >= 11 is 0. The molecule has 1 aliphatic rings. The molecule has 3 N–H and O–H groups in total. The molecule has 0 bridgehead atoms. The fraction of sp³-hybridized carbons (Fsp3) is 0.562. The molecule has 5 nitrogen and oxygen atoms in total. The van der Waals surface area contributed by atoms with Crippen molar-refractivity contribution in [1.29, 1.82) is 0 Å². The van der Waals surface area contributed by atoms with Gasteiger partial charge in [0, 0.05) is 20.3 Å². The van der Waals surface area contributed by atoms with Crippen molar-refractivity contribution in [1.82, 2.24) is 4.90 Å². The fourth-order valence-corrected chi connectivity index (χ4v) is 2.95. The summed E-state index contributed by atoms with van der Waals surface area (Å²) in [4.78, 5) is 2.39. The van der Waals surface area contributed by atoms with Gasteiger partial charge in [0.1, 0.15) is 5.84 Å². The zero-order chi connectivity index (χ0) is 15.1. The first-order valence-corrected chi connectivity index (χ1v) is 7.48. The Morgan fingerprint density at radius 1 is 1.38 bits per heavy atom. The normalized spacial score (nSPS) is 19.6. The predicted molar refractivity (Wildman–Crippen MR) is 83.6 cm³/mol. The van der Waals surface area contributed by atoms with E-state index in [1.807, 2.05) is 30.3 Å². The minimum Gasteiger partial charge on any atom is -0.409 e. The van der Waals surface area contributed by atoms with Crippen LogP contribution in [-0.4, -0.2) is 49.3 Å². The molecule has 1 saturated heterocycles. The highest BCUT2D eigenvalue weighted by atomic mass is 16.5. The molecule has 0 aromatic heterocycles. The molecule has 1 fully saturated rings. The Bertz CT molecular complexity index is 442. The Kier molecular flexibility index (Phi) is 6.02. The summed E-state index contributed by atoms with van der Waals surface area (Å²) in [6.45, 7) is 3.71. The molecule has 0 saturated carbocycles. The van der Waals surface area contributed by atoms with Gasteiger partial charge in [-0.15, -0.1) is 0 Å². The maximum Gasteiger partial charge on any atom is 0.147 e. The molecule has 0 aliphatic carbocycles. The Morgan fingerprint density at radius 2 is 2.05 bits per heavy atom. The number of hydrogen-bond donors (Lipinski definition) is 2. The first kappa shape index (κ1) is 15.8. The number of oxime groups is 1. The van der Waals surface area contributed by atoms with Crippen LogP contribution in [0, 0.1) is 5.92 Å². The summed E-state index contributed by atoms with van der Waals surface area (Å²) in [6, 6.07) is 10.00. The molecule has 21 heavy (non-hydrogen) atoms. The standard InChI is InChI=1S/C16H25N3O2/c1-21-12-13-7-9-19(10-8-13)11-15(16(17)18-20)14-5-3-2-4-6-14/h2-6,13,15,20H,7-12H2,1H3,(H2,17,18). The molecule has 5 heteroatoms. The maximum absolute atomic E-state index is 9.04. The van der Waals surface area contributed by atoms with Gasteiger partial charge < -0.3 is 20.6 Å². The molecule has 0 amide bonds. The van der Waals surface area contributed by atoms with Gasteiger partial charge in [-0.05, 0) is 37.4 Å². The van der Waals surface area contributed by atoms with Crippen molar-refractivity contribution in [3.05, 3.63) is 35.9 Å². The number of nitrogens with zero attached hydrogens (tertiary/aromatic N) is 2. The number of benzene rings is 1. The van der Waals surface area contributed by atoms with Crippen molar-refractivity contribution in [2.45, 2.75) is 18.8 Å². The summed E-state index contributed by atoms with van der Waals surface area (Å²) in [5.74, 6) is 0.876. The van der Waals surface area contributed by atoms with Crippen LogP contribution >= 0.6 is 0 Å². The number of rotatable bonds is 6. The zero-order valence-electron chi connectivity index (χ0n) is 12.6. The second kappa shape index (κ2) is 8.00. The van der Waals surface area contributed by atoms with Crippen molar-refractivity contribution >= 4 is 5.84 Å². The van der Waals surface area contributed by atoms with Crippen LogP contribution in [0.2, 0.25) is 0 Å². The summed E-state index contributed by atoms with van der Waals surface area (Å²) in [7, 11) is 1.76. The number of ether oxygens (including phenoxy) is 1. The van der Waals surface area contributed by atoms with E-state index in [4.69, 9.17) is 15.7 Å². The van der Waals surface area contributed by atoms with Gasteiger partial charge in [0.05, 0.1) is 5.92 Å². The van der Waals surface area contributed by atoms with Crippen LogP contribution in [0.4, 0.5) is 0 Å². The fourth-order valence-electron chi connectivity index (χ4n) is 2.95. The Balaban J connectivity index is 1.98. The van der Waals surface area contributed by atoms with E-state index in [0.717, 1.165) is 44.6 Å². The lowest BCUT2D eigenvalue weighted by Gasteiger charge is -2.33. The van der Waals surface area contributed by atoms with Crippen molar-refractivity contribution < 1.29 is 9.94 Å². The van der Waals surface area contributed by atoms with Crippen molar-refractivity contribution in [2.75, 3.05) is 33.4 Å². The third-order valence-corrected chi connectivity index (χ3v) is 4.22. The molecular formula is C16H25N3O2. The lowest BCUT2D eigenvalue weighted by Crippen LogP contribution is -2.40. The molecule has 1 aromatic carbocycles. The van der Waals surface area contributed by atoms with E-state index in [-0.39, 0.29) is 11.8 Å². The van der Waals surface area contributed by atoms with E-state index in [1.165, 1.54) is 0 Å². The van der Waals surface area contributed by atoms with Crippen LogP contribution in [0.25, 0.3) is 0 Å². The topological polar surface area (TPSA) is 71.1 Å². The largest absolute Gasteiger partial charge is 0.409 e. The number of hydrogen-bond acceptors (Lipinski definition) is 4. The summed E-state index contributed by atoms with van der Waals surface area (Å²) in [5.41, 5.74) is 6.98. The van der Waals surface area contributed by atoms with Gasteiger partial charge in [0.25, 0.3) is 0 Å². The quantitative estimate of drug-likeness (QED) is 0.363. The second-order valence-corrected chi connectivity index (χ2v) is 5.69. The van der Waals surface area contributed by atoms with E-state index in [2.05, 4.69) is 10.1 Å². The molecule has 2 rings (SSSR count). The maximum atomic E-state index is 9.04. The van der Waals surface area contributed by atoms with Crippen molar-refractivity contribution in [3.63, 3.8) is 0 Å². The van der Waals surface area contributed by atoms with Gasteiger partial charge in [0.15, 0.2) is 0 Å². The van der Waals surface area contributed by atoms with Crippen molar-refractivity contribution in [2.24, 2.45) is 16.8 Å². The minimum atomic E-state index is -0.0600. The zero-order valence-corrected chi connectivity index (χ0v) is 12.6. The lowest BCUT2D eigenvalue weighted by molar-refractivity contribution is 0.0989. The van der Waals surface area contributed by atoms with Crippen LogP contribution in [0.5, 0.6) is 0 Å². The number of amidine groups is 1. The molecule has 1 unspecified atom stereocenters. The first-order valence-electron chi connectivity index (χ1n) is 7.48. The summed E-state index contributed by atoms with van der Waals surface area (Å²) < 4.78 is 5.23. The molecule has 1 aliphatic heterocycles. The highest BCUT2D eigenvalue weighted by Crippen LogP contribution is 2.22. The van der Waals surface area contributed by atoms with Crippen LogP contribution in [-0.2, 0) is 4.74 Å². The molecule has 0 spiro atoms. The minimum absolute atomic E-state index is 0.0600. The molecule has 1 aromatic rings. The molecule has 0 radical (unpaired) electrons. The Labute approximate surface area is 126 Å². The predicted octanol–water partition coefficient (Wildman–Crippen LogP) is 1.88. The van der Waals surface area contributed by atoms with Gasteiger partial charge in [-0.3, -0.25) is 0 Å². The highest BCUT2D eigenvalue weighted by molar-refractivity contribution is 5.87. The molecule has 1 heterocycles. The number of likely N-dealkylation sites (tertiary alicyclic amines) is 1. The average Bonchev–Trinajstić information content (AvgIpc) is 2.54. The van der Waals surface area contributed by atoms with E-state index in [0.29, 0.717) is 5.92 Å². The van der Waals surface area contributed by atoms with Gasteiger partial charge in [-0.25, -0.2) is 0 Å². The van der Waals surface area contributed by atoms with E-state index in [9.17, 15) is 0 Å². The third-order valence-electron chi connectivity index (χ3n) is 4.22. The van der Waals surface area contributed by atoms with Crippen LogP contribution in [0.15, 0.2) is 35.5 Å². The second-order valence-electron chi connectivity index (χ2n) is 5.69. The van der Waals surface area contributed by atoms with Crippen LogP contribution in [0.3, 0.4) is 0 Å². The highest BCUT2D eigenvalue weighted by Gasteiger charge is 2.24. The van der Waals surface area contributed by atoms with E-state index in [1.54, 1.807) is 7.11 Å². The summed E-state index contributed by atoms with van der Waals surface area (Å²) in [6.07, 6.45) is 2.29. The van der Waals surface area contributed by atoms with Crippen molar-refractivity contribution in [3.8, 4) is 0 Å². The van der Waals surface area contributed by atoms with E-state index < -0.39 is 0 Å². The van der Waals surface area contributed by atoms with E-state index >= 15 is 0 Å². The monoisotopic (exact) mass is 291 g/mol. The Hall–Kier alpha value is -1.59. The number of methoxy groups -OCH3 is 1. The first-order chi connectivity index (χ1) is 10.2. The average molecular weight is 291 g/mol.